The number of rotatable bonds is 6. The first-order valence-electron chi connectivity index (χ1n) is 10.5. The number of halogens is 1. The molecule has 0 aliphatic carbocycles. The molecule has 0 fully saturated rings. The molecule has 7 nitrogen and oxygen atoms in total. The predicted molar refractivity (Wildman–Crippen MR) is 136 cm³/mol. The average Bonchev–Trinajstić information content (AvgIpc) is 3.29. The van der Waals surface area contributed by atoms with Gasteiger partial charge in [-0.1, -0.05) is 35.9 Å². The summed E-state index contributed by atoms with van der Waals surface area (Å²) in [6.45, 7) is 0. The summed E-state index contributed by atoms with van der Waals surface area (Å²) in [6, 6.07) is 26.6. The average molecular weight is 504 g/mol. The maximum atomic E-state index is 13.0. The van der Waals surface area contributed by atoms with Crippen LogP contribution in [-0.2, 0) is 10.0 Å². The molecular formula is C26H18ClN3O4S. The van der Waals surface area contributed by atoms with Crippen molar-refractivity contribution in [1.29, 1.82) is 0 Å². The highest BCUT2D eigenvalue weighted by molar-refractivity contribution is 7.92. The minimum Gasteiger partial charge on any atom is -0.436 e. The summed E-state index contributed by atoms with van der Waals surface area (Å²) >= 11 is 5.85. The lowest BCUT2D eigenvalue weighted by Gasteiger charge is -2.13. The molecule has 1 aromatic heterocycles. The number of fused-ring (bicyclic) bond motifs is 1. The third-order valence-corrected chi connectivity index (χ3v) is 6.86. The highest BCUT2D eigenvalue weighted by Crippen LogP contribution is 2.26. The molecule has 2 N–H and O–H groups in total. The largest absolute Gasteiger partial charge is 0.436 e. The first-order valence-corrected chi connectivity index (χ1v) is 12.4. The van der Waals surface area contributed by atoms with Crippen LogP contribution in [0.15, 0.2) is 106 Å². The normalized spacial score (nSPS) is 11.3. The van der Waals surface area contributed by atoms with Crippen LogP contribution in [0.25, 0.3) is 22.6 Å². The summed E-state index contributed by atoms with van der Waals surface area (Å²) in [7, 11) is -3.91. The monoisotopic (exact) mass is 503 g/mol. The molecule has 9 heteroatoms. The number of carbonyl (C=O) groups excluding carboxylic acids is 1. The van der Waals surface area contributed by atoms with E-state index in [9.17, 15) is 13.2 Å². The molecular weight excluding hydrogens is 486 g/mol. The van der Waals surface area contributed by atoms with E-state index in [4.69, 9.17) is 16.0 Å². The van der Waals surface area contributed by atoms with Gasteiger partial charge in [0.05, 0.1) is 16.1 Å². The van der Waals surface area contributed by atoms with Gasteiger partial charge in [-0.2, -0.15) is 0 Å². The lowest BCUT2D eigenvalue weighted by molar-refractivity contribution is 0.102. The molecule has 35 heavy (non-hydrogen) atoms. The van der Waals surface area contributed by atoms with E-state index in [0.717, 1.165) is 11.1 Å². The van der Waals surface area contributed by atoms with Gasteiger partial charge < -0.3 is 9.73 Å². The minimum atomic E-state index is -3.91. The van der Waals surface area contributed by atoms with E-state index in [0.29, 0.717) is 22.2 Å². The number of amides is 1. The lowest BCUT2D eigenvalue weighted by Crippen LogP contribution is -2.18. The Kier molecular flexibility index (Phi) is 5.98. The Morgan fingerprint density at radius 2 is 1.51 bits per heavy atom. The standard InChI is InChI=1S/C26H18ClN3O4S/c27-18-11-15-20(16-12-18)35(32,33)30-22-6-2-1-5-21(22)25(31)28-19-13-9-17(10-14-19)26-29-23-7-3-4-8-24(23)34-26/h1-16,30H,(H,28,31). The number of oxazole rings is 1. The highest BCUT2D eigenvalue weighted by Gasteiger charge is 2.19. The zero-order valence-corrected chi connectivity index (χ0v) is 19.7. The third-order valence-electron chi connectivity index (χ3n) is 5.22. The summed E-state index contributed by atoms with van der Waals surface area (Å²) in [5.41, 5.74) is 3.08. The van der Waals surface area contributed by atoms with Crippen molar-refractivity contribution in [1.82, 2.24) is 4.98 Å². The van der Waals surface area contributed by atoms with Gasteiger partial charge in [0.25, 0.3) is 15.9 Å². The maximum Gasteiger partial charge on any atom is 0.261 e. The number of nitrogens with zero attached hydrogens (tertiary/aromatic N) is 1. The van der Waals surface area contributed by atoms with Gasteiger partial charge in [-0.3, -0.25) is 9.52 Å². The van der Waals surface area contributed by atoms with E-state index in [1.165, 1.54) is 30.3 Å². The Labute approximate surface area is 206 Å². The molecule has 0 unspecified atom stereocenters. The smallest absolute Gasteiger partial charge is 0.261 e. The second kappa shape index (κ2) is 9.25. The van der Waals surface area contributed by atoms with Crippen LogP contribution in [0.2, 0.25) is 5.02 Å². The molecule has 5 rings (SSSR count). The molecule has 1 heterocycles. The van der Waals surface area contributed by atoms with Crippen molar-refractivity contribution in [2.45, 2.75) is 4.90 Å². The van der Waals surface area contributed by atoms with Crippen molar-refractivity contribution in [2.24, 2.45) is 0 Å². The first kappa shape index (κ1) is 22.6. The molecule has 0 aliphatic heterocycles. The van der Waals surface area contributed by atoms with E-state index in [1.807, 2.05) is 24.3 Å². The number of aromatic nitrogens is 1. The molecule has 0 saturated heterocycles. The molecule has 4 aromatic carbocycles. The van der Waals surface area contributed by atoms with Crippen LogP contribution >= 0.6 is 11.6 Å². The van der Waals surface area contributed by atoms with Crippen molar-refractivity contribution in [3.05, 3.63) is 108 Å². The molecule has 5 aromatic rings. The topological polar surface area (TPSA) is 101 Å². The van der Waals surface area contributed by atoms with Crippen LogP contribution in [0.3, 0.4) is 0 Å². The van der Waals surface area contributed by atoms with Crippen LogP contribution in [0.1, 0.15) is 10.4 Å². The Balaban J connectivity index is 1.34. The van der Waals surface area contributed by atoms with Crippen LogP contribution in [0.5, 0.6) is 0 Å². The number of nitrogens with one attached hydrogen (secondary N) is 2. The Bertz CT molecular complexity index is 1600. The Hall–Kier alpha value is -4.14. The number of hydrogen-bond acceptors (Lipinski definition) is 5. The fraction of sp³-hybridized carbons (Fsp3) is 0. The number of anilines is 2. The SMILES string of the molecule is O=C(Nc1ccc(-c2nc3ccccc3o2)cc1)c1ccccc1NS(=O)(=O)c1ccc(Cl)cc1. The third kappa shape index (κ3) is 4.89. The van der Waals surface area contributed by atoms with Gasteiger partial charge in [-0.25, -0.2) is 13.4 Å². The number of hydrogen-bond donors (Lipinski definition) is 2. The number of sulfonamides is 1. The fourth-order valence-corrected chi connectivity index (χ4v) is 4.68. The first-order chi connectivity index (χ1) is 16.9. The zero-order chi connectivity index (χ0) is 24.4. The van der Waals surface area contributed by atoms with Gasteiger partial charge in [0.2, 0.25) is 5.89 Å². The second-order valence-electron chi connectivity index (χ2n) is 7.62. The Morgan fingerprint density at radius 3 is 2.26 bits per heavy atom. The van der Waals surface area contributed by atoms with Crippen molar-refractivity contribution < 1.29 is 17.6 Å². The quantitative estimate of drug-likeness (QED) is 0.287. The second-order valence-corrected chi connectivity index (χ2v) is 9.74. The van der Waals surface area contributed by atoms with Crippen molar-refractivity contribution in [3.8, 4) is 11.5 Å². The van der Waals surface area contributed by atoms with Crippen LogP contribution in [0, 0.1) is 0 Å². The molecule has 0 atom stereocenters. The summed E-state index contributed by atoms with van der Waals surface area (Å²) in [5.74, 6) is 0.0139. The van der Waals surface area contributed by atoms with Gasteiger partial charge in [-0.05, 0) is 72.8 Å². The molecule has 0 saturated carbocycles. The molecule has 0 radical (unpaired) electrons. The molecule has 0 spiro atoms. The van der Waals surface area contributed by atoms with Gasteiger partial charge in [-0.15, -0.1) is 0 Å². The predicted octanol–water partition coefficient (Wildman–Crippen LogP) is 6.20. The minimum absolute atomic E-state index is 0.0342. The van der Waals surface area contributed by atoms with Crippen molar-refractivity contribution in [3.63, 3.8) is 0 Å². The molecule has 0 bridgehead atoms. The van der Waals surface area contributed by atoms with E-state index < -0.39 is 15.9 Å². The van der Waals surface area contributed by atoms with Gasteiger partial charge in [0.1, 0.15) is 5.52 Å². The summed E-state index contributed by atoms with van der Waals surface area (Å²) in [5, 5.41) is 3.22. The zero-order valence-electron chi connectivity index (χ0n) is 18.1. The fourth-order valence-electron chi connectivity index (χ4n) is 3.48. The summed E-state index contributed by atoms with van der Waals surface area (Å²) in [4.78, 5) is 17.5. The number of carbonyl (C=O) groups is 1. The summed E-state index contributed by atoms with van der Waals surface area (Å²) < 4.78 is 33.8. The van der Waals surface area contributed by atoms with Crippen LogP contribution in [-0.4, -0.2) is 19.3 Å². The van der Waals surface area contributed by atoms with Gasteiger partial charge in [0.15, 0.2) is 5.58 Å². The molecule has 1 amide bonds. The van der Waals surface area contributed by atoms with E-state index in [-0.39, 0.29) is 16.1 Å². The number of para-hydroxylation sites is 3. The Morgan fingerprint density at radius 1 is 0.829 bits per heavy atom. The van der Waals surface area contributed by atoms with E-state index in [1.54, 1.807) is 42.5 Å². The van der Waals surface area contributed by atoms with Crippen LogP contribution < -0.4 is 10.0 Å². The highest BCUT2D eigenvalue weighted by atomic mass is 35.5. The van der Waals surface area contributed by atoms with Crippen molar-refractivity contribution in [2.75, 3.05) is 10.0 Å². The van der Waals surface area contributed by atoms with Gasteiger partial charge >= 0.3 is 0 Å². The lowest BCUT2D eigenvalue weighted by atomic mass is 10.1. The summed E-state index contributed by atoms with van der Waals surface area (Å²) in [6.07, 6.45) is 0. The van der Waals surface area contributed by atoms with Gasteiger partial charge in [0, 0.05) is 16.3 Å². The maximum absolute atomic E-state index is 13.0. The molecule has 174 valence electrons. The van der Waals surface area contributed by atoms with Crippen LogP contribution in [0.4, 0.5) is 11.4 Å². The van der Waals surface area contributed by atoms with E-state index in [2.05, 4.69) is 15.0 Å². The number of benzene rings is 4. The van der Waals surface area contributed by atoms with Crippen molar-refractivity contribution >= 4 is 50.0 Å². The van der Waals surface area contributed by atoms with E-state index >= 15 is 0 Å². The molecule has 0 aliphatic rings.